The van der Waals surface area contributed by atoms with E-state index in [1.165, 1.54) is 24.0 Å². The number of primary amides is 1. The molecule has 1 aromatic carbocycles. The lowest BCUT2D eigenvalue weighted by Gasteiger charge is -2.30. The summed E-state index contributed by atoms with van der Waals surface area (Å²) in [6.45, 7) is 5.77. The molecule has 5 amide bonds. The standard InChI is InChI=1S/C35H55N7O9/c1-4-20(2)30(37)34(50)39-21(3)32(48)41-26(18-22-10-12-24(43)13-11-22)28(44)19-23(8-5-6-16-36)35(51)42-17-7-9-27(42)33(49)40-25(31(38)47)14-15-29(45)46/h10-13,20-21,23,25-27,30,43H,4-9,14-19,36-37H2,1-3H3,(H2,38,47)(H,39,50)(H,40,49)(H,41,48)(H,45,46)/t20-,21-,23+,25-,26-,27-,30-/m0/s1. The highest BCUT2D eigenvalue weighted by Crippen LogP contribution is 2.26. The Kier molecular flexibility index (Phi) is 17.5. The summed E-state index contributed by atoms with van der Waals surface area (Å²) >= 11 is 0. The van der Waals surface area contributed by atoms with Gasteiger partial charge in [-0.25, -0.2) is 0 Å². The molecule has 2 rings (SSSR count). The summed E-state index contributed by atoms with van der Waals surface area (Å²) in [6, 6.07) is 0.912. The van der Waals surface area contributed by atoms with E-state index >= 15 is 0 Å². The number of carbonyl (C=O) groups excluding carboxylic acids is 6. The summed E-state index contributed by atoms with van der Waals surface area (Å²) in [5.74, 6) is -5.75. The molecule has 1 aliphatic rings. The minimum Gasteiger partial charge on any atom is -0.508 e. The lowest BCUT2D eigenvalue weighted by Crippen LogP contribution is -2.55. The van der Waals surface area contributed by atoms with Crippen molar-refractivity contribution in [2.24, 2.45) is 29.0 Å². The van der Waals surface area contributed by atoms with Crippen LogP contribution in [0.4, 0.5) is 0 Å². The summed E-state index contributed by atoms with van der Waals surface area (Å²) in [4.78, 5) is 91.6. The monoisotopic (exact) mass is 717 g/mol. The third-order valence-electron chi connectivity index (χ3n) is 9.34. The fraction of sp³-hybridized carbons (Fsp3) is 0.629. The van der Waals surface area contributed by atoms with Crippen LogP contribution >= 0.6 is 0 Å². The second-order valence-electron chi connectivity index (χ2n) is 13.3. The molecule has 51 heavy (non-hydrogen) atoms. The van der Waals surface area contributed by atoms with E-state index in [0.717, 1.165) is 0 Å². The van der Waals surface area contributed by atoms with E-state index in [4.69, 9.17) is 22.3 Å². The smallest absolute Gasteiger partial charge is 0.303 e. The van der Waals surface area contributed by atoms with Gasteiger partial charge in [0.1, 0.15) is 23.9 Å². The third-order valence-corrected chi connectivity index (χ3v) is 9.34. The van der Waals surface area contributed by atoms with Crippen LogP contribution in [0.1, 0.15) is 84.1 Å². The average Bonchev–Trinajstić information content (AvgIpc) is 3.59. The first-order valence-electron chi connectivity index (χ1n) is 17.6. The second kappa shape index (κ2) is 20.9. The molecule has 0 radical (unpaired) electrons. The van der Waals surface area contributed by atoms with Crippen LogP contribution in [0.2, 0.25) is 0 Å². The van der Waals surface area contributed by atoms with Gasteiger partial charge < -0.3 is 48.3 Å². The number of phenols is 1. The highest BCUT2D eigenvalue weighted by Gasteiger charge is 2.39. The molecule has 0 bridgehead atoms. The maximum atomic E-state index is 14.1. The van der Waals surface area contributed by atoms with Gasteiger partial charge in [-0.2, -0.15) is 0 Å². The van der Waals surface area contributed by atoms with E-state index in [1.807, 2.05) is 13.8 Å². The second-order valence-corrected chi connectivity index (χ2v) is 13.3. The number of rotatable bonds is 22. The van der Waals surface area contributed by atoms with Crippen molar-refractivity contribution >= 4 is 41.3 Å². The van der Waals surface area contributed by atoms with Crippen LogP contribution in [0.3, 0.4) is 0 Å². The number of aromatic hydroxyl groups is 1. The number of unbranched alkanes of at least 4 members (excludes halogenated alkanes) is 1. The molecule has 1 fully saturated rings. The van der Waals surface area contributed by atoms with Crippen molar-refractivity contribution in [1.29, 1.82) is 0 Å². The normalized spacial score (nSPS) is 17.7. The van der Waals surface area contributed by atoms with Gasteiger partial charge in [-0.3, -0.25) is 33.6 Å². The number of nitrogens with two attached hydrogens (primary N) is 3. The van der Waals surface area contributed by atoms with Crippen LogP contribution in [0.5, 0.6) is 5.75 Å². The number of nitrogens with zero attached hydrogens (tertiary/aromatic N) is 1. The van der Waals surface area contributed by atoms with E-state index in [9.17, 15) is 38.7 Å². The van der Waals surface area contributed by atoms with E-state index in [1.54, 1.807) is 12.1 Å². The van der Waals surface area contributed by atoms with E-state index in [0.29, 0.717) is 37.8 Å². The van der Waals surface area contributed by atoms with Crippen molar-refractivity contribution in [2.45, 2.75) is 115 Å². The molecule has 0 saturated carbocycles. The maximum absolute atomic E-state index is 14.1. The van der Waals surface area contributed by atoms with E-state index < -0.39 is 83.8 Å². The zero-order valence-electron chi connectivity index (χ0n) is 29.8. The number of likely N-dealkylation sites (tertiary alicyclic amines) is 1. The molecule has 7 atom stereocenters. The number of benzene rings is 1. The molecule has 1 aliphatic heterocycles. The number of hydrogen-bond acceptors (Lipinski definition) is 10. The van der Waals surface area contributed by atoms with E-state index in [2.05, 4.69) is 16.0 Å². The lowest BCUT2D eigenvalue weighted by molar-refractivity contribution is -0.144. The number of aliphatic carboxylic acids is 1. The average molecular weight is 718 g/mol. The molecule has 1 saturated heterocycles. The van der Waals surface area contributed by atoms with Gasteiger partial charge in [-0.1, -0.05) is 38.8 Å². The van der Waals surface area contributed by atoms with Crippen LogP contribution in [0.25, 0.3) is 0 Å². The number of hydrogen-bond donors (Lipinski definition) is 8. The minimum absolute atomic E-state index is 0.0125. The Morgan fingerprint density at radius 3 is 2.20 bits per heavy atom. The van der Waals surface area contributed by atoms with Gasteiger partial charge in [0.15, 0.2) is 5.78 Å². The highest BCUT2D eigenvalue weighted by atomic mass is 16.4. The van der Waals surface area contributed by atoms with Crippen LogP contribution in [0, 0.1) is 11.8 Å². The molecule has 0 aliphatic carbocycles. The molecule has 11 N–H and O–H groups in total. The summed E-state index contributed by atoms with van der Waals surface area (Å²) in [5.41, 5.74) is 17.7. The van der Waals surface area contributed by atoms with Gasteiger partial charge in [0.25, 0.3) is 0 Å². The van der Waals surface area contributed by atoms with Crippen LogP contribution < -0.4 is 33.2 Å². The van der Waals surface area contributed by atoms with Gasteiger partial charge in [0.05, 0.1) is 12.1 Å². The molecule has 0 aromatic heterocycles. The van der Waals surface area contributed by atoms with Gasteiger partial charge in [0.2, 0.25) is 29.5 Å². The first kappa shape index (κ1) is 42.6. The van der Waals surface area contributed by atoms with Crippen molar-refractivity contribution in [3.8, 4) is 5.75 Å². The Morgan fingerprint density at radius 1 is 0.941 bits per heavy atom. The highest BCUT2D eigenvalue weighted by molar-refractivity contribution is 5.96. The summed E-state index contributed by atoms with van der Waals surface area (Å²) in [6.07, 6.45) is 1.93. The predicted octanol–water partition coefficient (Wildman–Crippen LogP) is -0.172. The third kappa shape index (κ3) is 13.6. The maximum Gasteiger partial charge on any atom is 0.303 e. The molecular formula is C35H55N7O9. The molecule has 1 heterocycles. The topological polar surface area (TPSA) is 277 Å². The van der Waals surface area contributed by atoms with Crippen LogP contribution in [-0.4, -0.2) is 99.7 Å². The number of carboxylic acids is 1. The van der Waals surface area contributed by atoms with Crippen molar-refractivity contribution in [1.82, 2.24) is 20.9 Å². The number of ketones is 1. The quantitative estimate of drug-likeness (QED) is 0.0729. The fourth-order valence-corrected chi connectivity index (χ4v) is 5.89. The zero-order valence-corrected chi connectivity index (χ0v) is 29.8. The largest absolute Gasteiger partial charge is 0.508 e. The Bertz CT molecular complexity index is 1370. The molecule has 0 unspecified atom stereocenters. The number of Topliss-reactive ketones (excluding diaryl/α,β-unsaturated/α-hetero) is 1. The summed E-state index contributed by atoms with van der Waals surface area (Å²) in [5, 5.41) is 26.6. The van der Waals surface area contributed by atoms with Crippen molar-refractivity contribution in [3.05, 3.63) is 29.8 Å². The number of carbonyl (C=O) groups is 7. The molecular weight excluding hydrogens is 662 g/mol. The van der Waals surface area contributed by atoms with Gasteiger partial charge in [-0.15, -0.1) is 0 Å². The molecule has 1 aromatic rings. The number of carboxylic acid groups (broad SMARTS) is 1. The lowest BCUT2D eigenvalue weighted by atomic mass is 9.90. The van der Waals surface area contributed by atoms with Gasteiger partial charge in [0, 0.05) is 25.3 Å². The van der Waals surface area contributed by atoms with Crippen molar-refractivity contribution in [3.63, 3.8) is 0 Å². The van der Waals surface area contributed by atoms with Crippen molar-refractivity contribution < 1.29 is 43.8 Å². The van der Waals surface area contributed by atoms with Crippen LogP contribution in [-0.2, 0) is 40.0 Å². The van der Waals surface area contributed by atoms with Gasteiger partial charge in [-0.05, 0) is 75.6 Å². The Morgan fingerprint density at radius 2 is 1.61 bits per heavy atom. The molecule has 16 heteroatoms. The first-order valence-corrected chi connectivity index (χ1v) is 17.6. The number of nitrogens with one attached hydrogen (secondary N) is 3. The molecule has 0 spiro atoms. The molecule has 16 nitrogen and oxygen atoms in total. The Balaban J connectivity index is 2.30. The fourth-order valence-electron chi connectivity index (χ4n) is 5.89. The van der Waals surface area contributed by atoms with E-state index in [-0.39, 0.29) is 50.3 Å². The number of phenolic OH excluding ortho intramolecular Hbond substituents is 1. The van der Waals surface area contributed by atoms with Gasteiger partial charge >= 0.3 is 5.97 Å². The Labute approximate surface area is 298 Å². The summed E-state index contributed by atoms with van der Waals surface area (Å²) < 4.78 is 0. The summed E-state index contributed by atoms with van der Waals surface area (Å²) in [7, 11) is 0. The van der Waals surface area contributed by atoms with Crippen molar-refractivity contribution in [2.75, 3.05) is 13.1 Å². The first-order chi connectivity index (χ1) is 24.1. The zero-order chi connectivity index (χ0) is 38.2. The number of amides is 5. The van der Waals surface area contributed by atoms with Crippen LogP contribution in [0.15, 0.2) is 24.3 Å². The molecule has 284 valence electrons. The SMILES string of the molecule is CC[C@H](C)[C@H](N)C(=O)N[C@@H](C)C(=O)N[C@@H](Cc1ccc(O)cc1)C(=O)C[C@@H](CCCCN)C(=O)N1CCC[C@H]1C(=O)N[C@@H](CCC(=O)O)C(N)=O. The minimum atomic E-state index is -1.24. The predicted molar refractivity (Wildman–Crippen MR) is 188 cm³/mol. The Hall–Kier alpha value is -4.57.